The minimum absolute atomic E-state index is 0.0369. The Bertz CT molecular complexity index is 3670. The summed E-state index contributed by atoms with van der Waals surface area (Å²) in [5.41, 5.74) is 10.6. The molecule has 0 saturated heterocycles. The van der Waals surface area contributed by atoms with E-state index in [4.69, 9.17) is 0 Å². The van der Waals surface area contributed by atoms with Gasteiger partial charge in [0.05, 0.1) is 0 Å². The molecule has 0 bridgehead atoms. The molecule has 0 nitrogen and oxygen atoms in total. The van der Waals surface area contributed by atoms with Gasteiger partial charge in [0.25, 0.3) is 0 Å². The molecule has 0 spiro atoms. The summed E-state index contributed by atoms with van der Waals surface area (Å²) in [6.07, 6.45) is 0. The fourth-order valence-corrected chi connectivity index (χ4v) is 11.6. The highest BCUT2D eigenvalue weighted by Crippen LogP contribution is 2.51. The van der Waals surface area contributed by atoms with Crippen molar-refractivity contribution in [2.45, 2.75) is 19.3 Å². The smallest absolute Gasteiger partial charge is 0.0362 e. The Morgan fingerprint density at radius 2 is 0.821 bits per heavy atom. The van der Waals surface area contributed by atoms with Crippen molar-refractivity contribution in [3.63, 3.8) is 0 Å². The van der Waals surface area contributed by atoms with Crippen molar-refractivity contribution in [1.29, 1.82) is 0 Å². The van der Waals surface area contributed by atoms with Crippen LogP contribution in [0.25, 0.3) is 118 Å². The molecule has 0 N–H and O–H groups in total. The second-order valence-corrected chi connectivity index (χ2v) is 17.5. The Morgan fingerprint density at radius 1 is 0.321 bits per heavy atom. The number of thiophene rings is 1. The molecule has 0 unspecified atom stereocenters. The number of hydrogen-bond donors (Lipinski definition) is 0. The fourth-order valence-electron chi connectivity index (χ4n) is 10.5. The van der Waals surface area contributed by atoms with Crippen LogP contribution in [0.4, 0.5) is 0 Å². The van der Waals surface area contributed by atoms with Crippen molar-refractivity contribution in [2.24, 2.45) is 0 Å². The Hall–Kier alpha value is -6.54. The first-order chi connectivity index (χ1) is 27.5. The van der Waals surface area contributed by atoms with Crippen molar-refractivity contribution in [3.8, 4) is 33.4 Å². The van der Waals surface area contributed by atoms with Crippen LogP contribution in [0, 0.1) is 0 Å². The van der Waals surface area contributed by atoms with E-state index < -0.39 is 0 Å². The topological polar surface area (TPSA) is 0 Å². The third-order valence-electron chi connectivity index (χ3n) is 13.2. The molecule has 11 aromatic carbocycles. The van der Waals surface area contributed by atoms with Crippen LogP contribution in [0.15, 0.2) is 170 Å². The largest absolute Gasteiger partial charge is 0.135 e. The molecule has 13 rings (SSSR count). The maximum atomic E-state index is 2.46. The summed E-state index contributed by atoms with van der Waals surface area (Å²) in [5, 5.41) is 18.5. The van der Waals surface area contributed by atoms with E-state index >= 15 is 0 Å². The Balaban J connectivity index is 1.01. The molecule has 0 radical (unpaired) electrons. The summed E-state index contributed by atoms with van der Waals surface area (Å²) in [6.45, 7) is 4.74. The molecule has 12 aromatic rings. The Kier molecular flexibility index (Phi) is 5.94. The second-order valence-electron chi connectivity index (χ2n) is 16.4. The summed E-state index contributed by atoms with van der Waals surface area (Å²) in [4.78, 5) is 0. The van der Waals surface area contributed by atoms with Gasteiger partial charge in [-0.25, -0.2) is 0 Å². The maximum absolute atomic E-state index is 2.46. The van der Waals surface area contributed by atoms with Gasteiger partial charge in [0.2, 0.25) is 0 Å². The predicted molar refractivity (Wildman–Crippen MR) is 244 cm³/mol. The summed E-state index contributed by atoms with van der Waals surface area (Å²) in [6, 6.07) is 64.6. The molecule has 1 aliphatic rings. The van der Waals surface area contributed by atoms with Crippen molar-refractivity contribution < 1.29 is 0 Å². The lowest BCUT2D eigenvalue weighted by molar-refractivity contribution is 0.660. The van der Waals surface area contributed by atoms with Gasteiger partial charge in [-0.2, -0.15) is 0 Å². The zero-order chi connectivity index (χ0) is 36.9. The third kappa shape index (κ3) is 3.98. The monoisotopic (exact) mass is 726 g/mol. The van der Waals surface area contributed by atoms with Gasteiger partial charge < -0.3 is 0 Å². The number of hydrogen-bond acceptors (Lipinski definition) is 1. The molecule has 1 heteroatoms. The Morgan fingerprint density at radius 3 is 1.50 bits per heavy atom. The average molecular weight is 727 g/mol. The van der Waals surface area contributed by atoms with Gasteiger partial charge in [0.1, 0.15) is 0 Å². The zero-order valence-corrected chi connectivity index (χ0v) is 31.9. The molecule has 1 aliphatic carbocycles. The van der Waals surface area contributed by atoms with Gasteiger partial charge in [-0.3, -0.25) is 0 Å². The normalized spacial score (nSPS) is 13.7. The van der Waals surface area contributed by atoms with Crippen molar-refractivity contribution in [3.05, 3.63) is 181 Å². The van der Waals surface area contributed by atoms with Gasteiger partial charge in [0, 0.05) is 25.6 Å². The van der Waals surface area contributed by atoms with Gasteiger partial charge >= 0.3 is 0 Å². The lowest BCUT2D eigenvalue weighted by Crippen LogP contribution is -2.14. The van der Waals surface area contributed by atoms with E-state index in [-0.39, 0.29) is 5.41 Å². The molecule has 1 heterocycles. The van der Waals surface area contributed by atoms with Crippen molar-refractivity contribution in [2.75, 3.05) is 0 Å². The molecule has 0 aliphatic heterocycles. The van der Waals surface area contributed by atoms with Gasteiger partial charge in [0.15, 0.2) is 0 Å². The summed E-state index contributed by atoms with van der Waals surface area (Å²) >= 11 is 1.91. The SMILES string of the molecule is CC1(C)c2ccccc2-c2ccc(-c3ccc4ccc5c(-c6ccc7sc8cc9c%10ccccc%10c%10ccccc%10c9cc8c7c6)ccc6ccc3c4c65)cc21. The van der Waals surface area contributed by atoms with Crippen LogP contribution >= 0.6 is 11.3 Å². The van der Waals surface area contributed by atoms with Gasteiger partial charge in [-0.15, -0.1) is 11.3 Å². The van der Waals surface area contributed by atoms with Crippen LogP contribution in [-0.2, 0) is 5.41 Å². The second kappa shape index (κ2) is 10.8. The van der Waals surface area contributed by atoms with Gasteiger partial charge in [-0.1, -0.05) is 153 Å². The first-order valence-electron chi connectivity index (χ1n) is 19.7. The minimum atomic E-state index is -0.0369. The maximum Gasteiger partial charge on any atom is 0.0362 e. The van der Waals surface area contributed by atoms with Crippen LogP contribution in [0.3, 0.4) is 0 Å². The molecule has 0 saturated carbocycles. The molecular weight excluding hydrogens is 693 g/mol. The first-order valence-corrected chi connectivity index (χ1v) is 20.5. The highest BCUT2D eigenvalue weighted by Gasteiger charge is 2.35. The van der Waals surface area contributed by atoms with E-state index in [2.05, 4.69) is 184 Å². The Labute approximate surface area is 328 Å². The molecule has 0 atom stereocenters. The standard InChI is InChI=1S/C55H34S/c1-55(2)49-14-8-7-13-41(49)42-23-19-34(28-50(42)55)36-22-16-32-17-24-43-35(21-15-31-18-25-44(36)54(32)53(31)43)33-20-26-51-47(27-33)48-29-45-39-11-5-3-9-37(39)38-10-4-6-12-40(38)46(45)30-52(48)56-51/h3-30H,1-2H3. The summed E-state index contributed by atoms with van der Waals surface area (Å²) < 4.78 is 2.67. The number of fused-ring (bicyclic) bond motifs is 12. The average Bonchev–Trinajstić information content (AvgIpc) is 3.72. The lowest BCUT2D eigenvalue weighted by atomic mass is 9.81. The van der Waals surface area contributed by atoms with Crippen LogP contribution < -0.4 is 0 Å². The highest BCUT2D eigenvalue weighted by atomic mass is 32.1. The zero-order valence-electron chi connectivity index (χ0n) is 31.1. The fraction of sp³-hybridized carbons (Fsp3) is 0.0545. The minimum Gasteiger partial charge on any atom is -0.135 e. The van der Waals surface area contributed by atoms with E-state index in [1.807, 2.05) is 11.3 Å². The van der Waals surface area contributed by atoms with E-state index in [9.17, 15) is 0 Å². The molecular formula is C55H34S. The van der Waals surface area contributed by atoms with Crippen LogP contribution in [0.2, 0.25) is 0 Å². The molecule has 260 valence electrons. The van der Waals surface area contributed by atoms with Crippen molar-refractivity contribution >= 4 is 96.1 Å². The molecule has 0 fully saturated rings. The highest BCUT2D eigenvalue weighted by molar-refractivity contribution is 7.25. The van der Waals surface area contributed by atoms with Crippen molar-refractivity contribution in [1.82, 2.24) is 0 Å². The number of benzene rings is 11. The summed E-state index contributed by atoms with van der Waals surface area (Å²) in [7, 11) is 0. The van der Waals surface area contributed by atoms with E-state index in [1.165, 1.54) is 129 Å². The lowest BCUT2D eigenvalue weighted by Gasteiger charge is -2.22. The van der Waals surface area contributed by atoms with Crippen LogP contribution in [-0.4, -0.2) is 0 Å². The first kappa shape index (κ1) is 30.7. The van der Waals surface area contributed by atoms with E-state index in [1.54, 1.807) is 0 Å². The van der Waals surface area contributed by atoms with E-state index in [0.717, 1.165) is 0 Å². The predicted octanol–water partition coefficient (Wildman–Crippen LogP) is 16.1. The van der Waals surface area contributed by atoms with E-state index in [0.29, 0.717) is 0 Å². The molecule has 0 amide bonds. The van der Waals surface area contributed by atoms with Gasteiger partial charge in [-0.05, 0) is 139 Å². The third-order valence-corrected chi connectivity index (χ3v) is 14.3. The molecule has 56 heavy (non-hydrogen) atoms. The van der Waals surface area contributed by atoms with Crippen LogP contribution in [0.5, 0.6) is 0 Å². The quantitative estimate of drug-likeness (QED) is 0.156. The van der Waals surface area contributed by atoms with Crippen LogP contribution in [0.1, 0.15) is 25.0 Å². The number of rotatable bonds is 2. The summed E-state index contributed by atoms with van der Waals surface area (Å²) in [5.74, 6) is 0. The molecule has 1 aromatic heterocycles.